The molecule has 0 aliphatic heterocycles. The molecule has 0 N–H and O–H groups in total. The summed E-state index contributed by atoms with van der Waals surface area (Å²) in [6.45, 7) is 0. The van der Waals surface area contributed by atoms with E-state index in [1.807, 2.05) is 0 Å². The molecule has 0 aliphatic carbocycles. The molecular formula is C11H7F5O3S. The molecule has 0 aliphatic rings. The van der Waals surface area contributed by atoms with Crippen molar-refractivity contribution >= 4 is 23.7 Å². The Labute approximate surface area is 114 Å². The second-order valence-corrected chi connectivity index (χ2v) is 4.30. The molecule has 0 aromatic heterocycles. The first-order chi connectivity index (χ1) is 9.11. The minimum atomic E-state index is -6.12. The molecule has 1 rings (SSSR count). The normalized spacial score (nSPS) is 12.1. The summed E-state index contributed by atoms with van der Waals surface area (Å²) in [7, 11) is 0. The number of esters is 2. The third-order valence-corrected chi connectivity index (χ3v) is 2.92. The molecule has 1 aromatic rings. The Morgan fingerprint density at radius 3 is 2.15 bits per heavy atom. The third-order valence-electron chi connectivity index (χ3n) is 2.12. The van der Waals surface area contributed by atoms with E-state index in [0.29, 0.717) is 0 Å². The molecular weight excluding hydrogens is 307 g/mol. The quantitative estimate of drug-likeness (QED) is 0.372. The van der Waals surface area contributed by atoms with Gasteiger partial charge in [0.1, 0.15) is 0 Å². The third kappa shape index (κ3) is 3.27. The van der Waals surface area contributed by atoms with Crippen molar-refractivity contribution < 1.29 is 36.3 Å². The average Bonchev–Trinajstić information content (AvgIpc) is 2.37. The van der Waals surface area contributed by atoms with E-state index in [9.17, 15) is 31.5 Å². The Bertz CT molecular complexity index is 527. The fourth-order valence-electron chi connectivity index (χ4n) is 1.13. The summed E-state index contributed by atoms with van der Waals surface area (Å²) in [6, 6.07) is 5.44. The van der Waals surface area contributed by atoms with Gasteiger partial charge >= 0.3 is 24.0 Å². The van der Waals surface area contributed by atoms with Gasteiger partial charge in [0, 0.05) is 4.90 Å². The molecule has 0 spiro atoms. The number of halogens is 5. The predicted octanol–water partition coefficient (Wildman–Crippen LogP) is 3.29. The largest absolute Gasteiger partial charge is 0.465 e. The van der Waals surface area contributed by atoms with Crippen LogP contribution in [0, 0.1) is 0 Å². The maximum Gasteiger partial charge on any atom is 0.465 e. The summed E-state index contributed by atoms with van der Waals surface area (Å²) in [4.78, 5) is 22.5. The number of ether oxygens (including phenoxy) is 1. The molecule has 110 valence electrons. The fraction of sp³-hybridized carbons (Fsp3) is 0.273. The van der Waals surface area contributed by atoms with Crippen molar-refractivity contribution in [3.8, 4) is 0 Å². The van der Waals surface area contributed by atoms with E-state index in [1.165, 1.54) is 18.2 Å². The minimum absolute atomic E-state index is 0.272. The fourth-order valence-corrected chi connectivity index (χ4v) is 1.72. The Morgan fingerprint density at radius 2 is 1.65 bits per heavy atom. The lowest BCUT2D eigenvalue weighted by atomic mass is 10.2. The zero-order chi connectivity index (χ0) is 15.6. The van der Waals surface area contributed by atoms with E-state index in [-0.39, 0.29) is 10.5 Å². The topological polar surface area (TPSA) is 43.4 Å². The number of thioether (sulfide) groups is 1. The predicted molar refractivity (Wildman–Crippen MR) is 59.6 cm³/mol. The lowest BCUT2D eigenvalue weighted by Crippen LogP contribution is -2.45. The van der Waals surface area contributed by atoms with Crippen LogP contribution < -0.4 is 0 Å². The SMILES string of the molecule is CSc1ccccc1C(=O)OC(=O)C(F)(F)C(F)(F)F. The molecule has 0 heterocycles. The molecule has 0 saturated carbocycles. The van der Waals surface area contributed by atoms with Crippen molar-refractivity contribution in [3.05, 3.63) is 29.8 Å². The van der Waals surface area contributed by atoms with Gasteiger partial charge in [-0.2, -0.15) is 22.0 Å². The molecule has 0 amide bonds. The zero-order valence-corrected chi connectivity index (χ0v) is 10.6. The highest BCUT2D eigenvalue weighted by Gasteiger charge is 2.65. The van der Waals surface area contributed by atoms with Crippen molar-refractivity contribution in [1.29, 1.82) is 0 Å². The molecule has 9 heteroatoms. The van der Waals surface area contributed by atoms with Crippen LogP contribution in [0.2, 0.25) is 0 Å². The Balaban J connectivity index is 2.94. The Hall–Kier alpha value is -1.64. The highest BCUT2D eigenvalue weighted by molar-refractivity contribution is 7.98. The van der Waals surface area contributed by atoms with Gasteiger partial charge in [-0.3, -0.25) is 0 Å². The molecule has 0 saturated heterocycles. The van der Waals surface area contributed by atoms with Crippen LogP contribution in [0.4, 0.5) is 22.0 Å². The number of hydrogen-bond donors (Lipinski definition) is 0. The van der Waals surface area contributed by atoms with Gasteiger partial charge in [0.15, 0.2) is 0 Å². The highest BCUT2D eigenvalue weighted by atomic mass is 32.2. The van der Waals surface area contributed by atoms with Crippen LogP contribution in [0.3, 0.4) is 0 Å². The molecule has 1 aromatic carbocycles. The molecule has 20 heavy (non-hydrogen) atoms. The van der Waals surface area contributed by atoms with E-state index in [2.05, 4.69) is 4.74 Å². The van der Waals surface area contributed by atoms with Crippen LogP contribution in [-0.4, -0.2) is 30.3 Å². The van der Waals surface area contributed by atoms with E-state index < -0.39 is 24.0 Å². The van der Waals surface area contributed by atoms with Gasteiger partial charge in [-0.1, -0.05) is 12.1 Å². The molecule has 0 unspecified atom stereocenters. The van der Waals surface area contributed by atoms with Crippen molar-refractivity contribution in [3.63, 3.8) is 0 Å². The van der Waals surface area contributed by atoms with Crippen molar-refractivity contribution in [2.75, 3.05) is 6.26 Å². The average molecular weight is 314 g/mol. The van der Waals surface area contributed by atoms with Gasteiger partial charge in [0.05, 0.1) is 5.56 Å². The summed E-state index contributed by atoms with van der Waals surface area (Å²) < 4.78 is 64.6. The number of rotatable bonds is 3. The smallest absolute Gasteiger partial charge is 0.385 e. The van der Waals surface area contributed by atoms with Crippen LogP contribution >= 0.6 is 11.8 Å². The van der Waals surface area contributed by atoms with Gasteiger partial charge in [0.2, 0.25) is 0 Å². The van der Waals surface area contributed by atoms with Gasteiger partial charge in [0.25, 0.3) is 0 Å². The molecule has 3 nitrogen and oxygen atoms in total. The maximum atomic E-state index is 12.6. The number of carbonyl (C=O) groups excluding carboxylic acids is 2. The van der Waals surface area contributed by atoms with Gasteiger partial charge in [-0.05, 0) is 18.4 Å². The monoisotopic (exact) mass is 314 g/mol. The molecule has 0 atom stereocenters. The first kappa shape index (κ1) is 16.4. The van der Waals surface area contributed by atoms with Gasteiger partial charge < -0.3 is 4.74 Å². The summed E-state index contributed by atoms with van der Waals surface area (Å²) in [6.07, 6.45) is -4.57. The minimum Gasteiger partial charge on any atom is -0.385 e. The van der Waals surface area contributed by atoms with Crippen LogP contribution in [-0.2, 0) is 9.53 Å². The number of hydrogen-bond acceptors (Lipinski definition) is 4. The Morgan fingerprint density at radius 1 is 1.10 bits per heavy atom. The van der Waals surface area contributed by atoms with Crippen molar-refractivity contribution in [2.24, 2.45) is 0 Å². The van der Waals surface area contributed by atoms with Gasteiger partial charge in [-0.25, -0.2) is 9.59 Å². The molecule has 0 fully saturated rings. The van der Waals surface area contributed by atoms with Crippen LogP contribution in [0.25, 0.3) is 0 Å². The zero-order valence-electron chi connectivity index (χ0n) is 9.83. The Kier molecular flexibility index (Phi) is 4.74. The standard InChI is InChI=1S/C11H7F5O3S/c1-20-7-5-3-2-4-6(7)8(17)19-9(18)10(12,13)11(14,15)16/h2-5H,1H3. The van der Waals surface area contributed by atoms with Crippen LogP contribution in [0.1, 0.15) is 10.4 Å². The number of benzene rings is 1. The van der Waals surface area contributed by atoms with Crippen LogP contribution in [0.15, 0.2) is 29.2 Å². The van der Waals surface area contributed by atoms with Crippen LogP contribution in [0.5, 0.6) is 0 Å². The maximum absolute atomic E-state index is 12.6. The molecule has 0 bridgehead atoms. The first-order valence-corrected chi connectivity index (χ1v) is 6.18. The van der Waals surface area contributed by atoms with Crippen molar-refractivity contribution in [2.45, 2.75) is 17.0 Å². The lowest BCUT2D eigenvalue weighted by Gasteiger charge is -2.17. The summed E-state index contributed by atoms with van der Waals surface area (Å²) in [5.41, 5.74) is -0.272. The van der Waals surface area contributed by atoms with Crippen molar-refractivity contribution in [1.82, 2.24) is 0 Å². The summed E-state index contributed by atoms with van der Waals surface area (Å²) in [5, 5.41) is 0. The first-order valence-electron chi connectivity index (χ1n) is 4.95. The number of alkyl halides is 5. The second kappa shape index (κ2) is 5.78. The summed E-state index contributed by atoms with van der Waals surface area (Å²) >= 11 is 1.04. The van der Waals surface area contributed by atoms with E-state index in [0.717, 1.165) is 17.8 Å². The molecule has 0 radical (unpaired) electrons. The van der Waals surface area contributed by atoms with E-state index >= 15 is 0 Å². The lowest BCUT2D eigenvalue weighted by molar-refractivity contribution is -0.277. The number of carbonyl (C=O) groups is 2. The highest BCUT2D eigenvalue weighted by Crippen LogP contribution is 2.36. The van der Waals surface area contributed by atoms with Gasteiger partial charge in [-0.15, -0.1) is 11.8 Å². The van der Waals surface area contributed by atoms with E-state index in [1.54, 1.807) is 6.26 Å². The second-order valence-electron chi connectivity index (χ2n) is 3.45. The summed E-state index contributed by atoms with van der Waals surface area (Å²) in [5.74, 6) is -10.3. The van der Waals surface area contributed by atoms with E-state index in [4.69, 9.17) is 0 Å².